The molecule has 1 N–H and O–H groups in total. The normalized spacial score (nSPS) is 14.9. The number of likely N-dealkylation sites (N-methyl/N-ethyl adjacent to an activating group) is 1. The monoisotopic (exact) mass is 286 g/mol. The quantitative estimate of drug-likeness (QED) is 0.781. The summed E-state index contributed by atoms with van der Waals surface area (Å²) >= 11 is 0. The van der Waals surface area contributed by atoms with Crippen molar-refractivity contribution < 1.29 is 4.79 Å². The predicted octanol–water partition coefficient (Wildman–Crippen LogP) is 3.13. The van der Waals surface area contributed by atoms with E-state index in [-0.39, 0.29) is 5.91 Å². The Bertz CT molecular complexity index is 467. The SMILES string of the molecule is CN(CC(=O)NCCC1=CCCCC1)Cc1ccccc1. The average molecular weight is 286 g/mol. The maximum Gasteiger partial charge on any atom is 0.234 e. The van der Waals surface area contributed by atoms with Gasteiger partial charge < -0.3 is 5.32 Å². The van der Waals surface area contributed by atoms with E-state index in [1.54, 1.807) is 0 Å². The summed E-state index contributed by atoms with van der Waals surface area (Å²) in [5.41, 5.74) is 2.75. The molecule has 0 bridgehead atoms. The van der Waals surface area contributed by atoms with Gasteiger partial charge in [0, 0.05) is 13.1 Å². The van der Waals surface area contributed by atoms with Crippen LogP contribution in [-0.2, 0) is 11.3 Å². The van der Waals surface area contributed by atoms with Crippen LogP contribution in [0.15, 0.2) is 42.0 Å². The Labute approximate surface area is 128 Å². The van der Waals surface area contributed by atoms with Gasteiger partial charge in [-0.15, -0.1) is 0 Å². The Hall–Kier alpha value is -1.61. The molecule has 3 heteroatoms. The van der Waals surface area contributed by atoms with Crippen molar-refractivity contribution >= 4 is 5.91 Å². The number of carbonyl (C=O) groups excluding carboxylic acids is 1. The first-order chi connectivity index (χ1) is 10.2. The third kappa shape index (κ3) is 6.13. The number of hydrogen-bond donors (Lipinski definition) is 1. The molecule has 0 aromatic heterocycles. The van der Waals surface area contributed by atoms with Crippen molar-refractivity contribution in [1.29, 1.82) is 0 Å². The summed E-state index contributed by atoms with van der Waals surface area (Å²) in [4.78, 5) is 14.0. The Balaban J connectivity index is 1.63. The first-order valence-electron chi connectivity index (χ1n) is 7.91. The molecule has 1 aliphatic rings. The van der Waals surface area contributed by atoms with Crippen LogP contribution in [0.2, 0.25) is 0 Å². The summed E-state index contributed by atoms with van der Waals surface area (Å²) in [5, 5.41) is 3.03. The lowest BCUT2D eigenvalue weighted by atomic mass is 9.97. The molecule has 0 heterocycles. The fourth-order valence-corrected chi connectivity index (χ4v) is 2.75. The number of rotatable bonds is 7. The molecule has 0 spiro atoms. The van der Waals surface area contributed by atoms with E-state index in [0.717, 1.165) is 19.5 Å². The smallest absolute Gasteiger partial charge is 0.234 e. The van der Waals surface area contributed by atoms with Gasteiger partial charge in [-0.05, 0) is 44.7 Å². The first-order valence-corrected chi connectivity index (χ1v) is 7.91. The molecule has 1 aliphatic carbocycles. The zero-order valence-electron chi connectivity index (χ0n) is 13.0. The van der Waals surface area contributed by atoms with Gasteiger partial charge in [0.2, 0.25) is 5.91 Å². The lowest BCUT2D eigenvalue weighted by Crippen LogP contribution is -2.35. The summed E-state index contributed by atoms with van der Waals surface area (Å²) in [6.07, 6.45) is 8.40. The van der Waals surface area contributed by atoms with Crippen LogP contribution in [0, 0.1) is 0 Å². The molecule has 1 aromatic carbocycles. The van der Waals surface area contributed by atoms with Gasteiger partial charge in [0.25, 0.3) is 0 Å². The van der Waals surface area contributed by atoms with Crippen molar-refractivity contribution in [2.75, 3.05) is 20.1 Å². The highest BCUT2D eigenvalue weighted by Gasteiger charge is 2.08. The van der Waals surface area contributed by atoms with Crippen LogP contribution in [0.3, 0.4) is 0 Å². The van der Waals surface area contributed by atoms with Crippen LogP contribution in [0.1, 0.15) is 37.7 Å². The van der Waals surface area contributed by atoms with Gasteiger partial charge in [-0.25, -0.2) is 0 Å². The second kappa shape index (κ2) is 8.63. The molecule has 0 aliphatic heterocycles. The molecular formula is C18H26N2O. The fourth-order valence-electron chi connectivity index (χ4n) is 2.75. The van der Waals surface area contributed by atoms with Crippen molar-refractivity contribution in [1.82, 2.24) is 10.2 Å². The first kappa shape index (κ1) is 15.8. The van der Waals surface area contributed by atoms with E-state index in [1.807, 2.05) is 30.1 Å². The summed E-state index contributed by atoms with van der Waals surface area (Å²) in [6, 6.07) is 10.2. The van der Waals surface area contributed by atoms with Gasteiger partial charge in [-0.2, -0.15) is 0 Å². The highest BCUT2D eigenvalue weighted by atomic mass is 16.2. The third-order valence-electron chi connectivity index (χ3n) is 3.86. The van der Waals surface area contributed by atoms with Crippen molar-refractivity contribution in [3.05, 3.63) is 47.5 Å². The van der Waals surface area contributed by atoms with Crippen LogP contribution >= 0.6 is 0 Å². The summed E-state index contributed by atoms with van der Waals surface area (Å²) in [6.45, 7) is 2.02. The van der Waals surface area contributed by atoms with Crippen LogP contribution in [0.4, 0.5) is 0 Å². The van der Waals surface area contributed by atoms with Crippen molar-refractivity contribution in [3.8, 4) is 0 Å². The van der Waals surface area contributed by atoms with E-state index in [0.29, 0.717) is 6.54 Å². The molecule has 0 fully saturated rings. The zero-order valence-corrected chi connectivity index (χ0v) is 13.0. The zero-order chi connectivity index (χ0) is 14.9. The number of hydrogen-bond acceptors (Lipinski definition) is 2. The van der Waals surface area contributed by atoms with E-state index in [9.17, 15) is 4.79 Å². The minimum absolute atomic E-state index is 0.116. The van der Waals surface area contributed by atoms with Crippen LogP contribution in [0.25, 0.3) is 0 Å². The van der Waals surface area contributed by atoms with E-state index < -0.39 is 0 Å². The van der Waals surface area contributed by atoms with E-state index >= 15 is 0 Å². The number of allylic oxidation sites excluding steroid dienone is 1. The summed E-state index contributed by atoms with van der Waals surface area (Å²) in [7, 11) is 1.98. The van der Waals surface area contributed by atoms with Gasteiger partial charge in [0.15, 0.2) is 0 Å². The van der Waals surface area contributed by atoms with E-state index in [2.05, 4.69) is 23.5 Å². The molecule has 2 rings (SSSR count). The maximum absolute atomic E-state index is 11.9. The Morgan fingerprint density at radius 3 is 2.76 bits per heavy atom. The Morgan fingerprint density at radius 2 is 2.05 bits per heavy atom. The standard InChI is InChI=1S/C18H26N2O/c1-20(14-17-10-6-3-7-11-17)15-18(21)19-13-12-16-8-4-2-5-9-16/h3,6-8,10-11H,2,4-5,9,12-15H2,1H3,(H,19,21). The lowest BCUT2D eigenvalue weighted by molar-refractivity contribution is -0.122. The van der Waals surface area contributed by atoms with Crippen molar-refractivity contribution in [3.63, 3.8) is 0 Å². The fraction of sp³-hybridized carbons (Fsp3) is 0.500. The average Bonchev–Trinajstić information content (AvgIpc) is 2.49. The Kier molecular flexibility index (Phi) is 6.48. The van der Waals surface area contributed by atoms with E-state index in [1.165, 1.54) is 36.8 Å². The summed E-state index contributed by atoms with van der Waals surface area (Å²) in [5.74, 6) is 0.116. The molecule has 3 nitrogen and oxygen atoms in total. The highest BCUT2D eigenvalue weighted by molar-refractivity contribution is 5.77. The topological polar surface area (TPSA) is 32.3 Å². The van der Waals surface area contributed by atoms with Crippen LogP contribution < -0.4 is 5.32 Å². The maximum atomic E-state index is 11.9. The molecule has 0 atom stereocenters. The number of nitrogens with one attached hydrogen (secondary N) is 1. The number of carbonyl (C=O) groups is 1. The van der Waals surface area contributed by atoms with Gasteiger partial charge in [-0.3, -0.25) is 9.69 Å². The molecule has 0 radical (unpaired) electrons. The van der Waals surface area contributed by atoms with Gasteiger partial charge in [0.1, 0.15) is 0 Å². The Morgan fingerprint density at radius 1 is 1.24 bits per heavy atom. The minimum atomic E-state index is 0.116. The van der Waals surface area contributed by atoms with Crippen molar-refractivity contribution in [2.24, 2.45) is 0 Å². The molecule has 0 saturated heterocycles. The molecule has 21 heavy (non-hydrogen) atoms. The largest absolute Gasteiger partial charge is 0.355 e. The van der Waals surface area contributed by atoms with Gasteiger partial charge in [-0.1, -0.05) is 42.0 Å². The van der Waals surface area contributed by atoms with E-state index in [4.69, 9.17) is 0 Å². The van der Waals surface area contributed by atoms with Crippen LogP contribution in [0.5, 0.6) is 0 Å². The lowest BCUT2D eigenvalue weighted by Gasteiger charge is -2.17. The molecular weight excluding hydrogens is 260 g/mol. The molecule has 0 saturated carbocycles. The van der Waals surface area contributed by atoms with Crippen LogP contribution in [-0.4, -0.2) is 30.9 Å². The summed E-state index contributed by atoms with van der Waals surface area (Å²) < 4.78 is 0. The second-order valence-corrected chi connectivity index (χ2v) is 5.87. The molecule has 1 amide bonds. The number of benzene rings is 1. The number of nitrogens with zero attached hydrogens (tertiary/aromatic N) is 1. The van der Waals surface area contributed by atoms with Gasteiger partial charge >= 0.3 is 0 Å². The highest BCUT2D eigenvalue weighted by Crippen LogP contribution is 2.19. The molecule has 0 unspecified atom stereocenters. The van der Waals surface area contributed by atoms with Gasteiger partial charge in [0.05, 0.1) is 6.54 Å². The number of amides is 1. The molecule has 1 aromatic rings. The minimum Gasteiger partial charge on any atom is -0.355 e. The molecule has 114 valence electrons. The third-order valence-corrected chi connectivity index (χ3v) is 3.86. The predicted molar refractivity (Wildman–Crippen MR) is 87.0 cm³/mol. The van der Waals surface area contributed by atoms with Crippen molar-refractivity contribution in [2.45, 2.75) is 38.6 Å². The second-order valence-electron chi connectivity index (χ2n) is 5.87.